The highest BCUT2D eigenvalue weighted by atomic mass is 79.9. The van der Waals surface area contributed by atoms with Crippen LogP contribution >= 0.6 is 31.9 Å². The van der Waals surface area contributed by atoms with Gasteiger partial charge in [-0.25, -0.2) is 4.79 Å². The van der Waals surface area contributed by atoms with Gasteiger partial charge in [0.1, 0.15) is 5.60 Å². The molecule has 0 aliphatic carbocycles. The third-order valence-electron chi connectivity index (χ3n) is 4.25. The summed E-state index contributed by atoms with van der Waals surface area (Å²) >= 11 is 6.90. The van der Waals surface area contributed by atoms with E-state index in [1.807, 2.05) is 25.3 Å². The maximum absolute atomic E-state index is 12.4. The quantitative estimate of drug-likeness (QED) is 0.608. The Morgan fingerprint density at radius 1 is 1.22 bits per heavy atom. The van der Waals surface area contributed by atoms with Gasteiger partial charge < -0.3 is 14.2 Å². The minimum atomic E-state index is -0.496. The van der Waals surface area contributed by atoms with Crippen LogP contribution in [-0.4, -0.2) is 34.3 Å². The Morgan fingerprint density at radius 3 is 2.57 bits per heavy atom. The smallest absolute Gasteiger partial charge is 0.410 e. The number of halogens is 2. The van der Waals surface area contributed by atoms with Crippen molar-refractivity contribution in [3.8, 4) is 0 Å². The highest BCUT2D eigenvalue weighted by Crippen LogP contribution is 2.39. The highest BCUT2D eigenvalue weighted by Gasteiger charge is 2.39. The molecule has 2 atom stereocenters. The number of fused-ring (bicyclic) bond motifs is 4. The Morgan fingerprint density at radius 2 is 1.91 bits per heavy atom. The number of hydrogen-bond acceptors (Lipinski definition) is 3. The molecule has 1 fully saturated rings. The lowest BCUT2D eigenvalue weighted by molar-refractivity contribution is 0.0101. The first-order valence-electron chi connectivity index (χ1n) is 7.72. The number of amides is 1. The third-order valence-corrected chi connectivity index (χ3v) is 5.46. The molecule has 5 nitrogen and oxygen atoms in total. The average Bonchev–Trinajstić information content (AvgIpc) is 2.42. The first-order chi connectivity index (χ1) is 10.7. The lowest BCUT2D eigenvalue weighted by Crippen LogP contribution is -2.50. The van der Waals surface area contributed by atoms with Gasteiger partial charge in [-0.2, -0.15) is 0 Å². The minimum absolute atomic E-state index is 0.00335. The van der Waals surface area contributed by atoms with Gasteiger partial charge in [-0.05, 0) is 71.0 Å². The second kappa shape index (κ2) is 5.92. The van der Waals surface area contributed by atoms with Crippen LogP contribution in [0.3, 0.4) is 0 Å². The molecular formula is C16H20Br2N2O3. The number of piperidine rings is 1. The molecule has 7 heteroatoms. The van der Waals surface area contributed by atoms with Crippen LogP contribution in [0.2, 0.25) is 0 Å². The second-order valence-corrected chi connectivity index (χ2v) is 9.03. The molecule has 0 saturated carbocycles. The zero-order chi connectivity index (χ0) is 16.9. The molecule has 0 radical (unpaired) electrons. The summed E-state index contributed by atoms with van der Waals surface area (Å²) in [6.07, 6.45) is 0.732. The van der Waals surface area contributed by atoms with Crippen molar-refractivity contribution < 1.29 is 9.53 Å². The molecular weight excluding hydrogens is 428 g/mol. The lowest BCUT2D eigenvalue weighted by atomic mass is 9.83. The number of aromatic nitrogens is 1. The van der Waals surface area contributed by atoms with Crippen LogP contribution < -0.4 is 5.56 Å². The first-order valence-corrected chi connectivity index (χ1v) is 9.31. The largest absolute Gasteiger partial charge is 0.444 e. The zero-order valence-electron chi connectivity index (χ0n) is 13.4. The summed E-state index contributed by atoms with van der Waals surface area (Å²) in [6, 6.07) is 1.81. The van der Waals surface area contributed by atoms with E-state index in [9.17, 15) is 9.59 Å². The van der Waals surface area contributed by atoms with E-state index in [-0.39, 0.29) is 23.5 Å². The molecule has 1 aromatic rings. The highest BCUT2D eigenvalue weighted by molar-refractivity contribution is 9.11. The molecule has 0 N–H and O–H groups in total. The molecule has 126 valence electrons. The fourth-order valence-electron chi connectivity index (χ4n) is 3.48. The maximum atomic E-state index is 12.4. The number of pyridine rings is 1. The van der Waals surface area contributed by atoms with Gasteiger partial charge in [-0.15, -0.1) is 0 Å². The van der Waals surface area contributed by atoms with Crippen molar-refractivity contribution in [3.05, 3.63) is 31.1 Å². The third kappa shape index (κ3) is 3.36. The Kier molecular flexibility index (Phi) is 4.38. The molecule has 2 unspecified atom stereocenters. The Labute approximate surface area is 152 Å². The Hall–Kier alpha value is -0.820. The number of carbonyl (C=O) groups excluding carboxylic acids is 1. The fourth-order valence-corrected chi connectivity index (χ4v) is 5.00. The SMILES string of the molecule is CC(C)(C)OC(=O)N1CC2CC(C1)c1c(Br)cc(Br)c(=O)n1C2. The normalized spacial score (nSPS) is 23.4. The van der Waals surface area contributed by atoms with E-state index in [2.05, 4.69) is 31.9 Å². The van der Waals surface area contributed by atoms with Crippen molar-refractivity contribution in [2.45, 2.75) is 45.3 Å². The van der Waals surface area contributed by atoms with Gasteiger partial charge in [0.2, 0.25) is 0 Å². The van der Waals surface area contributed by atoms with Crippen LogP contribution in [0.1, 0.15) is 38.8 Å². The van der Waals surface area contributed by atoms with Crippen LogP contribution in [0.5, 0.6) is 0 Å². The summed E-state index contributed by atoms with van der Waals surface area (Å²) in [5.41, 5.74) is 0.496. The number of hydrogen-bond donors (Lipinski definition) is 0. The van der Waals surface area contributed by atoms with Crippen molar-refractivity contribution in [2.24, 2.45) is 5.92 Å². The number of nitrogens with zero attached hydrogens (tertiary/aromatic N) is 2. The monoisotopic (exact) mass is 446 g/mol. The van der Waals surface area contributed by atoms with Crippen LogP contribution in [0.25, 0.3) is 0 Å². The van der Waals surface area contributed by atoms with Crippen molar-refractivity contribution in [2.75, 3.05) is 13.1 Å². The standard InChI is InChI=1S/C16H20Br2N2O3/c1-16(2,3)23-15(22)19-6-9-4-10(8-19)13-11(17)5-12(18)14(21)20(13)7-9/h5,9-10H,4,6-8H2,1-3H3. The number of likely N-dealkylation sites (tertiary alicyclic amines) is 1. The summed E-state index contributed by atoms with van der Waals surface area (Å²) in [6.45, 7) is 7.49. The molecule has 3 heterocycles. The molecule has 2 aliphatic heterocycles. The zero-order valence-corrected chi connectivity index (χ0v) is 16.6. The van der Waals surface area contributed by atoms with Gasteiger partial charge in [0, 0.05) is 35.7 Å². The molecule has 23 heavy (non-hydrogen) atoms. The predicted octanol–water partition coefficient (Wildman–Crippen LogP) is 3.73. The number of ether oxygens (including phenoxy) is 1. The molecule has 1 amide bonds. The van der Waals surface area contributed by atoms with Gasteiger partial charge in [0.25, 0.3) is 5.56 Å². The molecule has 0 spiro atoms. The fraction of sp³-hybridized carbons (Fsp3) is 0.625. The van der Waals surface area contributed by atoms with Gasteiger partial charge >= 0.3 is 6.09 Å². The van der Waals surface area contributed by atoms with Crippen LogP contribution in [0.15, 0.2) is 19.8 Å². The van der Waals surface area contributed by atoms with Crippen molar-refractivity contribution in [3.63, 3.8) is 0 Å². The summed E-state index contributed by atoms with van der Waals surface area (Å²) in [7, 11) is 0. The Balaban J connectivity index is 1.90. The lowest BCUT2D eigenvalue weighted by Gasteiger charge is -2.43. The first kappa shape index (κ1) is 17.0. The Bertz CT molecular complexity index is 709. The van der Waals surface area contributed by atoms with E-state index in [4.69, 9.17) is 4.74 Å². The molecule has 2 bridgehead atoms. The summed E-state index contributed by atoms with van der Waals surface area (Å²) < 4.78 is 8.83. The number of rotatable bonds is 0. The van der Waals surface area contributed by atoms with Crippen molar-refractivity contribution in [1.29, 1.82) is 0 Å². The van der Waals surface area contributed by atoms with E-state index in [1.165, 1.54) is 0 Å². The minimum Gasteiger partial charge on any atom is -0.444 e. The van der Waals surface area contributed by atoms with E-state index in [0.717, 1.165) is 16.6 Å². The molecule has 3 rings (SSSR count). The summed E-state index contributed by atoms with van der Waals surface area (Å²) in [5, 5.41) is 0. The van der Waals surface area contributed by atoms with E-state index >= 15 is 0 Å². The molecule has 1 saturated heterocycles. The van der Waals surface area contributed by atoms with E-state index in [0.29, 0.717) is 24.1 Å². The average molecular weight is 448 g/mol. The van der Waals surface area contributed by atoms with Gasteiger partial charge in [-0.1, -0.05) is 0 Å². The predicted molar refractivity (Wildman–Crippen MR) is 94.8 cm³/mol. The summed E-state index contributed by atoms with van der Waals surface area (Å²) in [5.74, 6) is 0.442. The van der Waals surface area contributed by atoms with Crippen molar-refractivity contribution in [1.82, 2.24) is 9.47 Å². The van der Waals surface area contributed by atoms with E-state index in [1.54, 1.807) is 11.0 Å². The van der Waals surface area contributed by atoms with Gasteiger partial charge in [-0.3, -0.25) is 4.79 Å². The molecule has 1 aromatic heterocycles. The topological polar surface area (TPSA) is 51.5 Å². The van der Waals surface area contributed by atoms with Crippen LogP contribution in [0.4, 0.5) is 4.79 Å². The van der Waals surface area contributed by atoms with Crippen LogP contribution in [-0.2, 0) is 11.3 Å². The number of carbonyl (C=O) groups is 1. The van der Waals surface area contributed by atoms with Crippen molar-refractivity contribution >= 4 is 38.0 Å². The summed E-state index contributed by atoms with van der Waals surface area (Å²) in [4.78, 5) is 26.6. The maximum Gasteiger partial charge on any atom is 0.410 e. The molecule has 0 aromatic carbocycles. The second-order valence-electron chi connectivity index (χ2n) is 7.33. The van der Waals surface area contributed by atoms with Gasteiger partial charge in [0.05, 0.1) is 4.47 Å². The van der Waals surface area contributed by atoms with E-state index < -0.39 is 5.60 Å². The molecule has 2 aliphatic rings. The van der Waals surface area contributed by atoms with Gasteiger partial charge in [0.15, 0.2) is 0 Å². The van der Waals surface area contributed by atoms with Crippen LogP contribution in [0, 0.1) is 5.92 Å².